The average molecular weight is 361 g/mol. The lowest BCUT2D eigenvalue weighted by Gasteiger charge is -2.38. The van der Waals surface area contributed by atoms with Crippen LogP contribution in [0.5, 0.6) is 5.75 Å². The third-order valence-electron chi connectivity index (χ3n) is 5.35. The van der Waals surface area contributed by atoms with Crippen molar-refractivity contribution in [3.63, 3.8) is 0 Å². The molecule has 2 aliphatic heterocycles. The van der Waals surface area contributed by atoms with E-state index in [0.29, 0.717) is 0 Å². The SMILES string of the molecule is CN=C(NCC(c1ccccc1OC)N1CCCC1)NCC1(C)COC1. The summed E-state index contributed by atoms with van der Waals surface area (Å²) in [6.07, 6.45) is 2.52. The highest BCUT2D eigenvalue weighted by Gasteiger charge is 2.33. The van der Waals surface area contributed by atoms with Crippen LogP contribution in [0, 0.1) is 5.41 Å². The lowest BCUT2D eigenvalue weighted by Crippen LogP contribution is -2.51. The van der Waals surface area contributed by atoms with E-state index < -0.39 is 0 Å². The van der Waals surface area contributed by atoms with Crippen LogP contribution in [0.15, 0.2) is 29.3 Å². The summed E-state index contributed by atoms with van der Waals surface area (Å²) < 4.78 is 11.0. The van der Waals surface area contributed by atoms with E-state index in [1.54, 1.807) is 7.11 Å². The number of benzene rings is 1. The Hall–Kier alpha value is -1.79. The molecule has 0 saturated carbocycles. The van der Waals surface area contributed by atoms with Crippen LogP contribution < -0.4 is 15.4 Å². The van der Waals surface area contributed by atoms with Crippen molar-refractivity contribution in [1.29, 1.82) is 0 Å². The Balaban J connectivity index is 1.65. The van der Waals surface area contributed by atoms with Gasteiger partial charge in [-0.3, -0.25) is 9.89 Å². The number of guanidine groups is 1. The van der Waals surface area contributed by atoms with Crippen molar-refractivity contribution in [2.24, 2.45) is 10.4 Å². The minimum absolute atomic E-state index is 0.217. The van der Waals surface area contributed by atoms with Gasteiger partial charge in [-0.05, 0) is 32.0 Å². The molecule has 2 heterocycles. The van der Waals surface area contributed by atoms with E-state index in [1.807, 2.05) is 19.2 Å². The van der Waals surface area contributed by atoms with Gasteiger partial charge in [0.05, 0.1) is 26.4 Å². The fourth-order valence-corrected chi connectivity index (χ4v) is 3.69. The molecule has 1 atom stereocenters. The van der Waals surface area contributed by atoms with Gasteiger partial charge in [-0.15, -0.1) is 0 Å². The van der Waals surface area contributed by atoms with Crippen LogP contribution in [0.2, 0.25) is 0 Å². The number of aliphatic imine (C=N–C) groups is 1. The number of ether oxygens (including phenoxy) is 2. The van der Waals surface area contributed by atoms with E-state index >= 15 is 0 Å². The minimum atomic E-state index is 0.217. The zero-order chi connectivity index (χ0) is 18.4. The molecule has 26 heavy (non-hydrogen) atoms. The molecule has 2 fully saturated rings. The Morgan fingerprint density at radius 1 is 1.27 bits per heavy atom. The molecule has 2 N–H and O–H groups in total. The molecule has 0 amide bonds. The number of rotatable bonds is 7. The van der Waals surface area contributed by atoms with Crippen molar-refractivity contribution in [2.45, 2.75) is 25.8 Å². The second-order valence-corrected chi connectivity index (χ2v) is 7.61. The Morgan fingerprint density at radius 2 is 2.00 bits per heavy atom. The first kappa shape index (κ1) is 19.0. The Morgan fingerprint density at radius 3 is 2.62 bits per heavy atom. The maximum absolute atomic E-state index is 5.62. The third kappa shape index (κ3) is 4.48. The normalized spacial score (nSPS) is 21.1. The maximum atomic E-state index is 5.62. The van der Waals surface area contributed by atoms with Gasteiger partial charge in [0, 0.05) is 31.1 Å². The molecule has 6 heteroatoms. The summed E-state index contributed by atoms with van der Waals surface area (Å²) in [5.74, 6) is 1.80. The molecule has 2 aliphatic rings. The van der Waals surface area contributed by atoms with Crippen LogP contribution in [-0.4, -0.2) is 64.4 Å². The third-order valence-corrected chi connectivity index (χ3v) is 5.35. The Labute approximate surface area is 157 Å². The number of methoxy groups -OCH3 is 1. The molecule has 3 rings (SSSR count). The topological polar surface area (TPSA) is 58.1 Å². The van der Waals surface area contributed by atoms with Crippen molar-refractivity contribution < 1.29 is 9.47 Å². The molecule has 0 aliphatic carbocycles. The summed E-state index contributed by atoms with van der Waals surface area (Å²) in [5, 5.41) is 6.96. The molecule has 1 aromatic carbocycles. The van der Waals surface area contributed by atoms with Gasteiger partial charge in [0.2, 0.25) is 0 Å². The molecule has 0 radical (unpaired) electrons. The summed E-state index contributed by atoms with van der Waals surface area (Å²) in [6.45, 7) is 7.79. The van der Waals surface area contributed by atoms with E-state index in [0.717, 1.165) is 51.1 Å². The van der Waals surface area contributed by atoms with Crippen LogP contribution in [0.1, 0.15) is 31.4 Å². The smallest absolute Gasteiger partial charge is 0.191 e. The predicted molar refractivity (Wildman–Crippen MR) is 105 cm³/mol. The summed E-state index contributed by atoms with van der Waals surface area (Å²) >= 11 is 0. The van der Waals surface area contributed by atoms with Crippen molar-refractivity contribution in [1.82, 2.24) is 15.5 Å². The number of nitrogens with zero attached hydrogens (tertiary/aromatic N) is 2. The standard InChI is InChI=1S/C20H32N4O2/c1-20(14-26-15-20)13-23-19(21-2)22-12-17(24-10-6-7-11-24)16-8-4-5-9-18(16)25-3/h4-5,8-9,17H,6-7,10-15H2,1-3H3,(H2,21,22,23). The van der Waals surface area contributed by atoms with Gasteiger partial charge in [-0.25, -0.2) is 0 Å². The van der Waals surface area contributed by atoms with Crippen LogP contribution in [0.3, 0.4) is 0 Å². The predicted octanol–water partition coefficient (Wildman–Crippen LogP) is 2.03. The average Bonchev–Trinajstić information content (AvgIpc) is 3.17. The van der Waals surface area contributed by atoms with Crippen molar-refractivity contribution in [3.05, 3.63) is 29.8 Å². The second kappa shape index (κ2) is 8.73. The number of hydrogen-bond acceptors (Lipinski definition) is 4. The highest BCUT2D eigenvalue weighted by molar-refractivity contribution is 5.79. The zero-order valence-electron chi connectivity index (χ0n) is 16.3. The van der Waals surface area contributed by atoms with Gasteiger partial charge in [0.1, 0.15) is 5.75 Å². The molecular formula is C20H32N4O2. The van der Waals surface area contributed by atoms with Crippen molar-refractivity contribution in [3.8, 4) is 5.75 Å². The summed E-state index contributed by atoms with van der Waals surface area (Å²) in [6, 6.07) is 8.61. The van der Waals surface area contributed by atoms with E-state index in [2.05, 4.69) is 39.6 Å². The number of likely N-dealkylation sites (tertiary alicyclic amines) is 1. The number of nitrogens with one attached hydrogen (secondary N) is 2. The number of para-hydroxylation sites is 1. The molecule has 2 saturated heterocycles. The molecule has 144 valence electrons. The molecule has 1 unspecified atom stereocenters. The first-order chi connectivity index (χ1) is 12.6. The van der Waals surface area contributed by atoms with E-state index in [-0.39, 0.29) is 11.5 Å². The maximum Gasteiger partial charge on any atom is 0.191 e. The van der Waals surface area contributed by atoms with Gasteiger partial charge in [-0.2, -0.15) is 0 Å². The van der Waals surface area contributed by atoms with E-state index in [4.69, 9.17) is 9.47 Å². The summed E-state index contributed by atoms with van der Waals surface area (Å²) in [7, 11) is 3.57. The van der Waals surface area contributed by atoms with Crippen molar-refractivity contribution >= 4 is 5.96 Å². The first-order valence-electron chi connectivity index (χ1n) is 9.54. The van der Waals surface area contributed by atoms with Gasteiger partial charge >= 0.3 is 0 Å². The first-order valence-corrected chi connectivity index (χ1v) is 9.54. The van der Waals surface area contributed by atoms with E-state index in [9.17, 15) is 0 Å². The lowest BCUT2D eigenvalue weighted by molar-refractivity contribution is -0.0971. The molecule has 0 aromatic heterocycles. The van der Waals surface area contributed by atoms with Crippen molar-refractivity contribution in [2.75, 3.05) is 53.6 Å². The van der Waals surface area contributed by atoms with Gasteiger partial charge in [-0.1, -0.05) is 25.1 Å². The van der Waals surface area contributed by atoms with Crippen LogP contribution in [0.4, 0.5) is 0 Å². The molecule has 0 spiro atoms. The van der Waals surface area contributed by atoms with Gasteiger partial charge in [0.25, 0.3) is 0 Å². The van der Waals surface area contributed by atoms with Gasteiger partial charge < -0.3 is 20.1 Å². The highest BCUT2D eigenvalue weighted by atomic mass is 16.5. The van der Waals surface area contributed by atoms with E-state index in [1.165, 1.54) is 18.4 Å². The monoisotopic (exact) mass is 360 g/mol. The minimum Gasteiger partial charge on any atom is -0.496 e. The lowest BCUT2D eigenvalue weighted by atomic mass is 9.89. The van der Waals surface area contributed by atoms with Crippen LogP contribution in [0.25, 0.3) is 0 Å². The summed E-state index contributed by atoms with van der Waals surface area (Å²) in [4.78, 5) is 6.93. The molecule has 1 aromatic rings. The Kier molecular flexibility index (Phi) is 6.38. The summed E-state index contributed by atoms with van der Waals surface area (Å²) in [5.41, 5.74) is 1.45. The quantitative estimate of drug-likeness (QED) is 0.576. The fourth-order valence-electron chi connectivity index (χ4n) is 3.69. The zero-order valence-corrected chi connectivity index (χ0v) is 16.3. The van der Waals surface area contributed by atoms with Crippen LogP contribution in [-0.2, 0) is 4.74 Å². The fraction of sp³-hybridized carbons (Fsp3) is 0.650. The van der Waals surface area contributed by atoms with Crippen LogP contribution >= 0.6 is 0 Å². The second-order valence-electron chi connectivity index (χ2n) is 7.61. The number of hydrogen-bond donors (Lipinski definition) is 2. The molecular weight excluding hydrogens is 328 g/mol. The Bertz CT molecular complexity index is 610. The molecule has 6 nitrogen and oxygen atoms in total. The highest BCUT2D eigenvalue weighted by Crippen LogP contribution is 2.31. The largest absolute Gasteiger partial charge is 0.496 e. The molecule has 0 bridgehead atoms. The van der Waals surface area contributed by atoms with Gasteiger partial charge in [0.15, 0.2) is 5.96 Å².